The summed E-state index contributed by atoms with van der Waals surface area (Å²) in [5, 5.41) is 3.64. The SMILES string of the molecule is Cc1ccccc1-c1cc(C(=O)N[C@@H](C(=O)N2CCC(c3ccc(Cl)cc3)CC2)C(C)C)ccc1F. The van der Waals surface area contributed by atoms with Crippen molar-refractivity contribution in [2.24, 2.45) is 5.92 Å². The third-order valence-corrected chi connectivity index (χ3v) is 7.28. The molecule has 0 spiro atoms. The molecule has 3 aromatic rings. The number of carbonyl (C=O) groups is 2. The molecule has 1 atom stereocenters. The Balaban J connectivity index is 1.45. The van der Waals surface area contributed by atoms with Gasteiger partial charge in [-0.1, -0.05) is 61.8 Å². The van der Waals surface area contributed by atoms with E-state index in [4.69, 9.17) is 11.6 Å². The van der Waals surface area contributed by atoms with Crippen molar-refractivity contribution < 1.29 is 14.0 Å². The molecule has 2 amide bonds. The van der Waals surface area contributed by atoms with E-state index in [9.17, 15) is 14.0 Å². The van der Waals surface area contributed by atoms with E-state index in [1.54, 1.807) is 6.07 Å². The van der Waals surface area contributed by atoms with Crippen molar-refractivity contribution in [2.45, 2.75) is 45.6 Å². The van der Waals surface area contributed by atoms with E-state index in [1.165, 1.54) is 17.7 Å². The molecule has 0 unspecified atom stereocenters. The van der Waals surface area contributed by atoms with Gasteiger partial charge in [-0.3, -0.25) is 9.59 Å². The average molecular weight is 507 g/mol. The first-order valence-electron chi connectivity index (χ1n) is 12.4. The van der Waals surface area contributed by atoms with Crippen LogP contribution in [0, 0.1) is 18.7 Å². The minimum absolute atomic E-state index is 0.0749. The third kappa shape index (κ3) is 5.79. The smallest absolute Gasteiger partial charge is 0.251 e. The van der Waals surface area contributed by atoms with Crippen LogP contribution in [0.25, 0.3) is 11.1 Å². The van der Waals surface area contributed by atoms with Crippen LogP contribution in [0.3, 0.4) is 0 Å². The maximum absolute atomic E-state index is 14.6. The third-order valence-electron chi connectivity index (χ3n) is 7.03. The van der Waals surface area contributed by atoms with E-state index in [1.807, 2.05) is 62.1 Å². The highest BCUT2D eigenvalue weighted by Crippen LogP contribution is 2.30. The summed E-state index contributed by atoms with van der Waals surface area (Å²) in [4.78, 5) is 28.4. The van der Waals surface area contributed by atoms with Crippen LogP contribution in [0.2, 0.25) is 5.02 Å². The summed E-state index contributed by atoms with van der Waals surface area (Å²) < 4.78 is 14.6. The van der Waals surface area contributed by atoms with Crippen LogP contribution in [-0.4, -0.2) is 35.8 Å². The zero-order valence-electron chi connectivity index (χ0n) is 20.9. The topological polar surface area (TPSA) is 49.4 Å². The highest BCUT2D eigenvalue weighted by Gasteiger charge is 2.32. The molecule has 1 heterocycles. The number of benzene rings is 3. The molecule has 3 aromatic carbocycles. The van der Waals surface area contributed by atoms with Gasteiger partial charge in [0, 0.05) is 29.2 Å². The molecule has 1 saturated heterocycles. The van der Waals surface area contributed by atoms with E-state index in [-0.39, 0.29) is 23.5 Å². The van der Waals surface area contributed by atoms with Crippen molar-refractivity contribution in [3.8, 4) is 11.1 Å². The highest BCUT2D eigenvalue weighted by molar-refractivity contribution is 6.30. The number of likely N-dealkylation sites (tertiary alicyclic amines) is 1. The molecule has 0 saturated carbocycles. The lowest BCUT2D eigenvalue weighted by atomic mass is 9.89. The molecular formula is C30H32ClFN2O2. The monoisotopic (exact) mass is 506 g/mol. The normalized spacial score (nSPS) is 15.1. The lowest BCUT2D eigenvalue weighted by molar-refractivity contribution is -0.135. The van der Waals surface area contributed by atoms with Crippen LogP contribution in [0.4, 0.5) is 4.39 Å². The van der Waals surface area contributed by atoms with Gasteiger partial charge in [-0.15, -0.1) is 0 Å². The van der Waals surface area contributed by atoms with Gasteiger partial charge < -0.3 is 10.2 Å². The Morgan fingerprint density at radius 2 is 1.64 bits per heavy atom. The summed E-state index contributed by atoms with van der Waals surface area (Å²) in [5.74, 6) is -0.549. The van der Waals surface area contributed by atoms with Crippen LogP contribution in [0.15, 0.2) is 66.7 Å². The molecule has 0 aliphatic carbocycles. The molecule has 6 heteroatoms. The number of carbonyl (C=O) groups excluding carboxylic acids is 2. The second-order valence-corrected chi connectivity index (χ2v) is 10.3. The first-order chi connectivity index (χ1) is 17.2. The van der Waals surface area contributed by atoms with Crippen molar-refractivity contribution in [3.05, 3.63) is 94.3 Å². The van der Waals surface area contributed by atoms with Gasteiger partial charge in [0.05, 0.1) is 0 Å². The first-order valence-corrected chi connectivity index (χ1v) is 12.8. The molecule has 4 rings (SSSR count). The summed E-state index contributed by atoms with van der Waals surface area (Å²) in [7, 11) is 0. The average Bonchev–Trinajstić information content (AvgIpc) is 2.88. The van der Waals surface area contributed by atoms with Crippen LogP contribution in [0.5, 0.6) is 0 Å². The maximum atomic E-state index is 14.6. The quantitative estimate of drug-likeness (QED) is 0.408. The molecule has 1 N–H and O–H groups in total. The van der Waals surface area contributed by atoms with Crippen LogP contribution >= 0.6 is 11.6 Å². The number of aryl methyl sites for hydroxylation is 1. The van der Waals surface area contributed by atoms with Crippen LogP contribution < -0.4 is 5.32 Å². The Morgan fingerprint density at radius 3 is 2.28 bits per heavy atom. The summed E-state index contributed by atoms with van der Waals surface area (Å²) in [6.07, 6.45) is 1.73. The molecule has 1 aliphatic heterocycles. The van der Waals surface area contributed by atoms with Crippen LogP contribution in [0.1, 0.15) is 54.1 Å². The van der Waals surface area contributed by atoms with Gasteiger partial charge in [-0.25, -0.2) is 4.39 Å². The van der Waals surface area contributed by atoms with Gasteiger partial charge in [0.2, 0.25) is 5.91 Å². The predicted octanol–water partition coefficient (Wildman–Crippen LogP) is 6.62. The van der Waals surface area contributed by atoms with Gasteiger partial charge in [-0.2, -0.15) is 0 Å². The Morgan fingerprint density at radius 1 is 0.972 bits per heavy atom. The van der Waals surface area contributed by atoms with Gasteiger partial charge in [0.1, 0.15) is 11.9 Å². The van der Waals surface area contributed by atoms with E-state index in [2.05, 4.69) is 17.4 Å². The largest absolute Gasteiger partial charge is 0.341 e. The van der Waals surface area contributed by atoms with Crippen molar-refractivity contribution >= 4 is 23.4 Å². The fourth-order valence-corrected chi connectivity index (χ4v) is 4.98. The first kappa shape index (κ1) is 25.9. The summed E-state index contributed by atoms with van der Waals surface area (Å²) >= 11 is 6.01. The molecule has 188 valence electrons. The zero-order valence-corrected chi connectivity index (χ0v) is 21.7. The predicted molar refractivity (Wildman–Crippen MR) is 143 cm³/mol. The fraction of sp³-hybridized carbons (Fsp3) is 0.333. The molecular weight excluding hydrogens is 475 g/mol. The summed E-state index contributed by atoms with van der Waals surface area (Å²) in [6.45, 7) is 7.03. The molecule has 0 radical (unpaired) electrons. The fourth-order valence-electron chi connectivity index (χ4n) is 4.85. The molecule has 36 heavy (non-hydrogen) atoms. The maximum Gasteiger partial charge on any atom is 0.251 e. The number of piperidine rings is 1. The van der Waals surface area contributed by atoms with Crippen LogP contribution in [-0.2, 0) is 4.79 Å². The molecule has 1 aliphatic rings. The number of hydrogen-bond acceptors (Lipinski definition) is 2. The second-order valence-electron chi connectivity index (χ2n) is 9.86. The van der Waals surface area contributed by atoms with Crippen molar-refractivity contribution in [3.63, 3.8) is 0 Å². The second kappa shape index (κ2) is 11.3. The Bertz CT molecular complexity index is 1230. The summed E-state index contributed by atoms with van der Waals surface area (Å²) in [6, 6.07) is 19.1. The van der Waals surface area contributed by atoms with E-state index < -0.39 is 6.04 Å². The molecule has 0 bridgehead atoms. The highest BCUT2D eigenvalue weighted by atomic mass is 35.5. The van der Waals surface area contributed by atoms with Crippen molar-refractivity contribution in [2.75, 3.05) is 13.1 Å². The zero-order chi connectivity index (χ0) is 25.8. The number of nitrogens with zero attached hydrogens (tertiary/aromatic N) is 1. The number of halogens is 2. The van der Waals surface area contributed by atoms with E-state index in [0.29, 0.717) is 35.2 Å². The molecule has 0 aromatic heterocycles. The number of nitrogens with one attached hydrogen (secondary N) is 1. The van der Waals surface area contributed by atoms with Gasteiger partial charge in [0.15, 0.2) is 0 Å². The minimum Gasteiger partial charge on any atom is -0.341 e. The Kier molecular flexibility index (Phi) is 8.10. The van der Waals surface area contributed by atoms with Gasteiger partial charge in [0.25, 0.3) is 5.91 Å². The summed E-state index contributed by atoms with van der Waals surface area (Å²) in [5.41, 5.74) is 3.60. The Hall–Kier alpha value is -3.18. The number of hydrogen-bond donors (Lipinski definition) is 1. The molecule has 1 fully saturated rings. The van der Waals surface area contributed by atoms with E-state index >= 15 is 0 Å². The molecule has 4 nitrogen and oxygen atoms in total. The Labute approximate surface area is 217 Å². The lowest BCUT2D eigenvalue weighted by Crippen LogP contribution is -2.52. The standard InChI is InChI=1S/C30H32ClFN2O2/c1-19(2)28(30(36)34-16-14-22(15-17-34)21-8-11-24(31)12-9-21)33-29(35)23-10-13-27(32)26(18-23)25-7-5-4-6-20(25)3/h4-13,18-19,22,28H,14-17H2,1-3H3,(H,33,35)/t28-/m1/s1. The van der Waals surface area contributed by atoms with Gasteiger partial charge in [-0.05, 0) is 78.6 Å². The van der Waals surface area contributed by atoms with E-state index in [0.717, 1.165) is 24.0 Å². The minimum atomic E-state index is -0.656. The number of amides is 2. The van der Waals surface area contributed by atoms with Crippen molar-refractivity contribution in [1.82, 2.24) is 10.2 Å². The van der Waals surface area contributed by atoms with Gasteiger partial charge >= 0.3 is 0 Å². The lowest BCUT2D eigenvalue weighted by Gasteiger charge is -2.35. The number of rotatable bonds is 6. The van der Waals surface area contributed by atoms with Crippen molar-refractivity contribution in [1.29, 1.82) is 0 Å².